The molecule has 0 radical (unpaired) electrons. The molecule has 2 aliphatic heterocycles. The zero-order chi connectivity index (χ0) is 39.7. The number of nitrogens with zero attached hydrogens (tertiary/aromatic N) is 4. The first kappa shape index (κ1) is 38.4. The number of carbonyl (C=O) groups is 4. The number of piperidine rings is 1. The standard InChI is InChI=1S/C42H50N8O6/c1-23(2)34(47-41(53)55-5)39(51)49-19-7-8-33(49)37-44-30-18-13-26(20-31(30)45-37)10-9-25-11-14-27(15-12-25)32-22-43-38(46-32)36-28-16-17-29(21-28)50(36)40(52)35(24(3)4)48-42(54)56-6/h11-15,18,20,22-24,28-29,33-36H,7-8,16-17,19,21H2,1-6H3,(H,43,46)(H,44,45)(H,47,53)(H,48,54)/t28-,29+,33-,34-,35-,36?/m0/s1. The van der Waals surface area contributed by atoms with E-state index in [0.29, 0.717) is 18.3 Å². The fraction of sp³-hybridized carbons (Fsp3) is 0.476. The molecule has 1 unspecified atom stereocenters. The lowest BCUT2D eigenvalue weighted by Gasteiger charge is -2.37. The van der Waals surface area contributed by atoms with Crippen molar-refractivity contribution in [3.63, 3.8) is 0 Å². The molecule has 1 saturated carbocycles. The second-order valence-electron chi connectivity index (χ2n) is 15.7. The number of nitrogens with one attached hydrogen (secondary N) is 4. The average molecular weight is 763 g/mol. The van der Waals surface area contributed by atoms with E-state index in [1.165, 1.54) is 14.2 Å². The molecule has 294 valence electrons. The predicted octanol–water partition coefficient (Wildman–Crippen LogP) is 5.83. The zero-order valence-corrected chi connectivity index (χ0v) is 32.7. The second-order valence-corrected chi connectivity index (χ2v) is 15.7. The SMILES string of the molecule is COC(=O)N[C@H](C(=O)N1CCC[C@H]1c1nc2cc(C#Cc3ccc(-c4c[nH]c(C5[C@H]6CC[C@H](C6)N5C(=O)[C@@H](NC(=O)OC)C(C)C)n4)cc3)ccc2[nH]1)C(C)C. The fourth-order valence-electron chi connectivity index (χ4n) is 8.48. The third kappa shape index (κ3) is 7.67. The van der Waals surface area contributed by atoms with Crippen molar-refractivity contribution in [2.45, 2.75) is 90.0 Å². The molecular formula is C42H50N8O6. The van der Waals surface area contributed by atoms with E-state index in [1.807, 2.05) is 81.3 Å². The van der Waals surface area contributed by atoms with E-state index in [9.17, 15) is 19.2 Å². The van der Waals surface area contributed by atoms with Crippen molar-refractivity contribution < 1.29 is 28.7 Å². The molecule has 2 aromatic carbocycles. The molecule has 4 aromatic rings. The topological polar surface area (TPSA) is 175 Å². The minimum Gasteiger partial charge on any atom is -0.453 e. The number of fused-ring (bicyclic) bond motifs is 3. The number of hydrogen-bond acceptors (Lipinski definition) is 8. The first-order valence-electron chi connectivity index (χ1n) is 19.4. The van der Waals surface area contributed by atoms with Gasteiger partial charge in [-0.3, -0.25) is 9.59 Å². The van der Waals surface area contributed by atoms with E-state index in [0.717, 1.165) is 71.3 Å². The molecule has 1 aliphatic carbocycles. The van der Waals surface area contributed by atoms with Crippen LogP contribution < -0.4 is 10.6 Å². The van der Waals surface area contributed by atoms with Crippen LogP contribution in [0.1, 0.15) is 94.7 Å². The van der Waals surface area contributed by atoms with E-state index in [2.05, 4.69) is 32.4 Å². The Morgan fingerprint density at radius 2 is 1.48 bits per heavy atom. The van der Waals surface area contributed by atoms with Gasteiger partial charge in [0, 0.05) is 35.5 Å². The van der Waals surface area contributed by atoms with Crippen molar-refractivity contribution in [2.24, 2.45) is 17.8 Å². The molecule has 14 nitrogen and oxygen atoms in total. The van der Waals surface area contributed by atoms with Gasteiger partial charge in [-0.1, -0.05) is 51.7 Å². The molecule has 3 fully saturated rings. The van der Waals surface area contributed by atoms with Gasteiger partial charge in [0.15, 0.2) is 0 Å². The lowest BCUT2D eigenvalue weighted by atomic mass is 9.95. The number of H-pyrrole nitrogens is 2. The van der Waals surface area contributed by atoms with Crippen LogP contribution in [-0.2, 0) is 19.1 Å². The second kappa shape index (κ2) is 16.1. The van der Waals surface area contributed by atoms with Crippen molar-refractivity contribution >= 4 is 35.0 Å². The molecule has 0 spiro atoms. The first-order chi connectivity index (χ1) is 26.9. The Hall–Kier alpha value is -5.84. The number of imidazole rings is 2. The maximum atomic E-state index is 13.9. The fourth-order valence-corrected chi connectivity index (χ4v) is 8.48. The number of carbonyl (C=O) groups excluding carboxylic acids is 4. The van der Waals surface area contributed by atoms with Crippen molar-refractivity contribution in [3.8, 4) is 23.1 Å². The van der Waals surface area contributed by atoms with Crippen LogP contribution in [0.4, 0.5) is 9.59 Å². The lowest BCUT2D eigenvalue weighted by Crippen LogP contribution is -2.54. The maximum absolute atomic E-state index is 13.9. The smallest absolute Gasteiger partial charge is 0.407 e. The van der Waals surface area contributed by atoms with E-state index >= 15 is 0 Å². The maximum Gasteiger partial charge on any atom is 0.407 e. The number of aromatic nitrogens is 4. The highest BCUT2D eigenvalue weighted by Crippen LogP contribution is 2.50. The van der Waals surface area contributed by atoms with Gasteiger partial charge in [-0.25, -0.2) is 19.6 Å². The third-order valence-electron chi connectivity index (χ3n) is 11.4. The third-order valence-corrected chi connectivity index (χ3v) is 11.4. The number of amides is 4. The van der Waals surface area contributed by atoms with Gasteiger partial charge in [-0.15, -0.1) is 0 Å². The number of ether oxygens (including phenoxy) is 2. The van der Waals surface area contributed by atoms with Crippen LogP contribution in [-0.4, -0.2) is 92.6 Å². The monoisotopic (exact) mass is 762 g/mol. The van der Waals surface area contributed by atoms with E-state index in [4.69, 9.17) is 19.4 Å². The Morgan fingerprint density at radius 1 is 0.821 bits per heavy atom. The van der Waals surface area contributed by atoms with Gasteiger partial charge in [0.25, 0.3) is 0 Å². The summed E-state index contributed by atoms with van der Waals surface area (Å²) < 4.78 is 9.56. The summed E-state index contributed by atoms with van der Waals surface area (Å²) in [7, 11) is 2.59. The Kier molecular flexibility index (Phi) is 11.0. The summed E-state index contributed by atoms with van der Waals surface area (Å²) in [5.74, 6) is 7.82. The molecule has 4 N–H and O–H groups in total. The Morgan fingerprint density at radius 3 is 2.16 bits per heavy atom. The van der Waals surface area contributed by atoms with E-state index in [1.54, 1.807) is 4.90 Å². The highest BCUT2D eigenvalue weighted by atomic mass is 16.5. The van der Waals surface area contributed by atoms with Gasteiger partial charge in [0.05, 0.1) is 43.0 Å². The van der Waals surface area contributed by atoms with Gasteiger partial charge >= 0.3 is 12.2 Å². The normalized spacial score (nSPS) is 21.2. The molecule has 2 bridgehead atoms. The molecule has 4 heterocycles. The molecule has 2 aromatic heterocycles. The Bertz CT molecular complexity index is 2160. The number of alkyl carbamates (subject to hydrolysis) is 2. The summed E-state index contributed by atoms with van der Waals surface area (Å²) in [6.45, 7) is 8.22. The molecule has 4 amide bonds. The molecule has 2 saturated heterocycles. The number of hydrogen-bond donors (Lipinski definition) is 4. The average Bonchev–Trinajstić information content (AvgIpc) is 4.05. The van der Waals surface area contributed by atoms with E-state index < -0.39 is 24.3 Å². The van der Waals surface area contributed by atoms with Crippen LogP contribution in [0.3, 0.4) is 0 Å². The predicted molar refractivity (Wildman–Crippen MR) is 209 cm³/mol. The summed E-state index contributed by atoms with van der Waals surface area (Å²) in [5.41, 5.74) is 4.98. The van der Waals surface area contributed by atoms with Crippen LogP contribution in [0.25, 0.3) is 22.3 Å². The van der Waals surface area contributed by atoms with Gasteiger partial charge in [0.1, 0.15) is 23.7 Å². The largest absolute Gasteiger partial charge is 0.453 e. The van der Waals surface area contributed by atoms with Crippen LogP contribution in [0.5, 0.6) is 0 Å². The van der Waals surface area contributed by atoms with Crippen LogP contribution >= 0.6 is 0 Å². The van der Waals surface area contributed by atoms with E-state index in [-0.39, 0.29) is 41.8 Å². The molecule has 7 rings (SSSR count). The quantitative estimate of drug-likeness (QED) is 0.154. The zero-order valence-electron chi connectivity index (χ0n) is 32.7. The number of rotatable bonds is 9. The summed E-state index contributed by atoms with van der Waals surface area (Å²) in [6, 6.07) is 12.1. The van der Waals surface area contributed by atoms with Gasteiger partial charge in [0.2, 0.25) is 11.8 Å². The highest BCUT2D eigenvalue weighted by Gasteiger charge is 2.51. The van der Waals surface area contributed by atoms with Crippen LogP contribution in [0.15, 0.2) is 48.7 Å². The molecule has 6 atom stereocenters. The minimum atomic E-state index is -0.697. The number of benzene rings is 2. The van der Waals surface area contributed by atoms with Crippen LogP contribution in [0.2, 0.25) is 0 Å². The molecule has 14 heteroatoms. The number of methoxy groups -OCH3 is 2. The summed E-state index contributed by atoms with van der Waals surface area (Å²) >= 11 is 0. The van der Waals surface area contributed by atoms with Crippen molar-refractivity contribution in [2.75, 3.05) is 20.8 Å². The highest BCUT2D eigenvalue weighted by molar-refractivity contribution is 5.87. The van der Waals surface area contributed by atoms with Crippen molar-refractivity contribution in [1.29, 1.82) is 0 Å². The Balaban J connectivity index is 1.03. The summed E-state index contributed by atoms with van der Waals surface area (Å²) in [6.07, 6.45) is 5.15. The van der Waals surface area contributed by atoms with Gasteiger partial charge < -0.3 is 39.9 Å². The molecule has 56 heavy (non-hydrogen) atoms. The van der Waals surface area contributed by atoms with Crippen molar-refractivity contribution in [3.05, 3.63) is 71.4 Å². The lowest BCUT2D eigenvalue weighted by molar-refractivity contribution is -0.139. The van der Waals surface area contributed by atoms with Crippen molar-refractivity contribution in [1.82, 2.24) is 40.4 Å². The van der Waals surface area contributed by atoms with Crippen LogP contribution in [0, 0.1) is 29.6 Å². The number of aromatic amines is 2. The Labute approximate surface area is 326 Å². The summed E-state index contributed by atoms with van der Waals surface area (Å²) in [5, 5.41) is 5.44. The molecule has 3 aliphatic rings. The first-order valence-corrected chi connectivity index (χ1v) is 19.4. The summed E-state index contributed by atoms with van der Waals surface area (Å²) in [4.78, 5) is 71.8. The van der Waals surface area contributed by atoms with Gasteiger partial charge in [-0.05, 0) is 80.2 Å². The minimum absolute atomic E-state index is 0.103. The van der Waals surface area contributed by atoms with Gasteiger partial charge in [-0.2, -0.15) is 0 Å². The molecular weight excluding hydrogens is 713 g/mol. The number of likely N-dealkylation sites (tertiary alicyclic amines) is 2.